The molecular formula is C22H21F3N5O4+. The van der Waals surface area contributed by atoms with Gasteiger partial charge >= 0.3 is 12.1 Å². The lowest BCUT2D eigenvalue weighted by molar-refractivity contribution is -1.07. The second-order valence-corrected chi connectivity index (χ2v) is 8.28. The van der Waals surface area contributed by atoms with Crippen LogP contribution in [0, 0.1) is 5.92 Å². The second kappa shape index (κ2) is 8.45. The van der Waals surface area contributed by atoms with Gasteiger partial charge in [0.1, 0.15) is 25.7 Å². The zero-order chi connectivity index (χ0) is 24.7. The van der Waals surface area contributed by atoms with Crippen LogP contribution in [0.1, 0.15) is 16.8 Å². The van der Waals surface area contributed by atoms with Crippen LogP contribution in [0.15, 0.2) is 48.7 Å². The lowest BCUT2D eigenvalue weighted by Crippen LogP contribution is -2.47. The predicted molar refractivity (Wildman–Crippen MR) is 114 cm³/mol. The van der Waals surface area contributed by atoms with E-state index in [-0.39, 0.29) is 25.4 Å². The van der Waals surface area contributed by atoms with Crippen molar-refractivity contribution < 1.29 is 37.0 Å². The zero-order valence-corrected chi connectivity index (χ0v) is 18.0. The number of quaternary nitrogens is 1. The first-order valence-corrected chi connectivity index (χ1v) is 10.3. The van der Waals surface area contributed by atoms with Gasteiger partial charge < -0.3 is 11.1 Å². The molecule has 2 atom stereocenters. The van der Waals surface area contributed by atoms with Gasteiger partial charge in [0.25, 0.3) is 5.91 Å². The molecule has 3 N–H and O–H groups in total. The minimum absolute atomic E-state index is 0.0617. The molecule has 12 heteroatoms. The number of amides is 2. The zero-order valence-electron chi connectivity index (χ0n) is 18.0. The van der Waals surface area contributed by atoms with Crippen LogP contribution >= 0.6 is 0 Å². The third-order valence-electron chi connectivity index (χ3n) is 5.66. The number of benzene rings is 2. The quantitative estimate of drug-likeness (QED) is 0.549. The smallest absolute Gasteiger partial charge is 0.366 e. The van der Waals surface area contributed by atoms with E-state index in [1.807, 2.05) is 0 Å². The standard InChI is InChI=1S/C22H20F3N5O4/c1-30(34-21(33)22(23,24)25)10-9-14(12-30)20(32)27-15-5-7-16(8-6-15)29-11-13-3-2-4-17(19(26)31)18(13)28-29/h2-8,11,14H,9-10,12H2,1H3,(H2-,26,27,31,32)/p+1. The van der Waals surface area contributed by atoms with Crippen LogP contribution in [0.2, 0.25) is 0 Å². The van der Waals surface area contributed by atoms with Gasteiger partial charge in [0.05, 0.1) is 17.2 Å². The van der Waals surface area contributed by atoms with Crippen molar-refractivity contribution in [1.29, 1.82) is 0 Å². The van der Waals surface area contributed by atoms with Crippen LogP contribution in [0.3, 0.4) is 0 Å². The molecule has 0 spiro atoms. The molecule has 1 saturated heterocycles. The predicted octanol–water partition coefficient (Wildman–Crippen LogP) is 2.55. The van der Waals surface area contributed by atoms with Crippen molar-refractivity contribution in [3.05, 3.63) is 54.2 Å². The van der Waals surface area contributed by atoms with Crippen molar-refractivity contribution in [3.8, 4) is 5.69 Å². The molecule has 1 aliphatic heterocycles. The fourth-order valence-corrected chi connectivity index (χ4v) is 3.94. The van der Waals surface area contributed by atoms with Crippen LogP contribution in [0.25, 0.3) is 16.6 Å². The molecule has 0 bridgehead atoms. The number of halogens is 3. The van der Waals surface area contributed by atoms with Gasteiger partial charge in [0, 0.05) is 23.7 Å². The molecule has 0 saturated carbocycles. The Bertz CT molecular complexity index is 1270. The number of alkyl halides is 3. The molecule has 2 unspecified atom stereocenters. The summed E-state index contributed by atoms with van der Waals surface area (Å²) in [5.41, 5.74) is 7.34. The highest BCUT2D eigenvalue weighted by Gasteiger charge is 2.50. The van der Waals surface area contributed by atoms with E-state index in [1.165, 1.54) is 7.05 Å². The molecule has 2 amide bonds. The summed E-state index contributed by atoms with van der Waals surface area (Å²) in [6.45, 7) is 0.0345. The average Bonchev–Trinajstić information content (AvgIpc) is 3.37. The summed E-state index contributed by atoms with van der Waals surface area (Å²) < 4.78 is 38.5. The Labute approximate surface area is 191 Å². The minimum atomic E-state index is -5.09. The lowest BCUT2D eigenvalue weighted by atomic mass is 10.1. The molecule has 3 aromatic rings. The molecule has 2 heterocycles. The number of carbonyl (C=O) groups excluding carboxylic acids is 3. The van der Waals surface area contributed by atoms with Gasteiger partial charge in [-0.25, -0.2) is 9.48 Å². The van der Waals surface area contributed by atoms with E-state index < -0.39 is 28.6 Å². The maximum absolute atomic E-state index is 12.6. The summed E-state index contributed by atoms with van der Waals surface area (Å²) in [6.07, 6.45) is -3.08. The maximum atomic E-state index is 12.6. The monoisotopic (exact) mass is 476 g/mol. The first kappa shape index (κ1) is 23.2. The highest BCUT2D eigenvalue weighted by atomic mass is 19.4. The van der Waals surface area contributed by atoms with Crippen molar-refractivity contribution in [2.45, 2.75) is 12.6 Å². The molecular weight excluding hydrogens is 455 g/mol. The maximum Gasteiger partial charge on any atom is 0.497 e. The summed E-state index contributed by atoms with van der Waals surface area (Å²) in [5.74, 6) is -3.85. The summed E-state index contributed by atoms with van der Waals surface area (Å²) in [4.78, 5) is 39.9. The van der Waals surface area contributed by atoms with E-state index in [4.69, 9.17) is 5.73 Å². The van der Waals surface area contributed by atoms with Crippen LogP contribution in [0.5, 0.6) is 0 Å². The fraction of sp³-hybridized carbons (Fsp3) is 0.273. The van der Waals surface area contributed by atoms with E-state index in [1.54, 1.807) is 53.3 Å². The number of hydrogen-bond donors (Lipinski definition) is 2. The molecule has 0 radical (unpaired) electrons. The van der Waals surface area contributed by atoms with Crippen molar-refractivity contribution in [1.82, 2.24) is 9.78 Å². The number of nitrogens with one attached hydrogen (secondary N) is 1. The molecule has 2 aromatic carbocycles. The Kier molecular flexibility index (Phi) is 5.77. The second-order valence-electron chi connectivity index (χ2n) is 8.28. The third-order valence-corrected chi connectivity index (χ3v) is 5.66. The van der Waals surface area contributed by atoms with Gasteiger partial charge in [-0.05, 0) is 30.3 Å². The molecule has 1 fully saturated rings. The van der Waals surface area contributed by atoms with Gasteiger partial charge in [-0.15, -0.1) is 4.65 Å². The van der Waals surface area contributed by atoms with Gasteiger partial charge in [0.15, 0.2) is 0 Å². The number of nitrogens with zero attached hydrogens (tertiary/aromatic N) is 3. The number of anilines is 1. The Morgan fingerprint density at radius 3 is 2.53 bits per heavy atom. The number of rotatable bonds is 5. The molecule has 4 rings (SSSR count). The number of hydroxylamine groups is 3. The topological polar surface area (TPSA) is 116 Å². The van der Waals surface area contributed by atoms with Gasteiger partial charge in [0.2, 0.25) is 5.91 Å². The Morgan fingerprint density at radius 2 is 1.88 bits per heavy atom. The summed E-state index contributed by atoms with van der Waals surface area (Å²) >= 11 is 0. The van der Waals surface area contributed by atoms with Crippen molar-refractivity contribution in [2.75, 3.05) is 25.5 Å². The fourth-order valence-electron chi connectivity index (χ4n) is 3.94. The highest BCUT2D eigenvalue weighted by molar-refractivity contribution is 6.04. The van der Waals surface area contributed by atoms with Crippen molar-refractivity contribution in [3.63, 3.8) is 0 Å². The number of hydrogen-bond acceptors (Lipinski definition) is 5. The Balaban J connectivity index is 1.42. The van der Waals surface area contributed by atoms with Gasteiger partial charge in [-0.3, -0.25) is 14.4 Å². The molecule has 9 nitrogen and oxygen atoms in total. The molecule has 0 aliphatic carbocycles. The molecule has 34 heavy (non-hydrogen) atoms. The molecule has 1 aliphatic rings. The van der Waals surface area contributed by atoms with E-state index >= 15 is 0 Å². The molecule has 1 aromatic heterocycles. The number of fused-ring (bicyclic) bond motifs is 1. The Morgan fingerprint density at radius 1 is 1.18 bits per heavy atom. The van der Waals surface area contributed by atoms with Crippen molar-refractivity contribution >= 4 is 34.4 Å². The SMILES string of the molecule is C[N+]1(OC(=O)C(F)(F)F)CCC(C(=O)Nc2ccc(-n3cc4cccc(C(N)=O)c4n3)cc2)C1. The van der Waals surface area contributed by atoms with Crippen LogP contribution in [-0.2, 0) is 14.4 Å². The van der Waals surface area contributed by atoms with Crippen LogP contribution in [-0.4, -0.2) is 58.5 Å². The molecule has 178 valence electrons. The highest BCUT2D eigenvalue weighted by Crippen LogP contribution is 2.28. The van der Waals surface area contributed by atoms with Crippen LogP contribution < -0.4 is 11.1 Å². The summed E-state index contributed by atoms with van der Waals surface area (Å²) in [5, 5.41) is 7.89. The normalized spacial score (nSPS) is 20.3. The number of aromatic nitrogens is 2. The Hall–Kier alpha value is -3.93. The first-order chi connectivity index (χ1) is 15.9. The third kappa shape index (κ3) is 4.71. The van der Waals surface area contributed by atoms with E-state index in [0.717, 1.165) is 5.39 Å². The average molecular weight is 476 g/mol. The van der Waals surface area contributed by atoms with E-state index in [0.29, 0.717) is 22.5 Å². The summed E-state index contributed by atoms with van der Waals surface area (Å²) in [7, 11) is 1.34. The number of likely N-dealkylation sites (tertiary alicyclic amines) is 1. The van der Waals surface area contributed by atoms with Gasteiger partial charge in [-0.1, -0.05) is 12.1 Å². The number of carbonyl (C=O) groups is 3. The van der Waals surface area contributed by atoms with Crippen LogP contribution in [0.4, 0.5) is 18.9 Å². The first-order valence-electron chi connectivity index (χ1n) is 10.3. The van der Waals surface area contributed by atoms with Gasteiger partial charge in [-0.2, -0.15) is 18.3 Å². The van der Waals surface area contributed by atoms with E-state index in [9.17, 15) is 27.6 Å². The summed E-state index contributed by atoms with van der Waals surface area (Å²) in [6, 6.07) is 11.8. The van der Waals surface area contributed by atoms with Crippen molar-refractivity contribution in [2.24, 2.45) is 11.7 Å². The number of primary amides is 1. The largest absolute Gasteiger partial charge is 0.497 e. The minimum Gasteiger partial charge on any atom is -0.366 e. The number of nitrogens with two attached hydrogens (primary N) is 1. The lowest BCUT2D eigenvalue weighted by Gasteiger charge is -2.25. The van der Waals surface area contributed by atoms with E-state index in [2.05, 4.69) is 15.3 Å².